The molecule has 3 rings (SSSR count). The quantitative estimate of drug-likeness (QED) is 0.525. The lowest BCUT2D eigenvalue weighted by Crippen LogP contribution is -2.30. The Labute approximate surface area is 155 Å². The van der Waals surface area contributed by atoms with E-state index < -0.39 is 8.07 Å². The summed E-state index contributed by atoms with van der Waals surface area (Å²) in [4.78, 5) is 10.9. The Morgan fingerprint density at radius 3 is 2.38 bits per heavy atom. The average molecular weight is 372 g/mol. The van der Waals surface area contributed by atoms with E-state index in [4.69, 9.17) is 4.74 Å². The van der Waals surface area contributed by atoms with Crippen LogP contribution in [0.1, 0.15) is 23.2 Å². The van der Waals surface area contributed by atoms with Crippen molar-refractivity contribution in [1.29, 1.82) is 0 Å². The first-order valence-corrected chi connectivity index (χ1v) is 12.7. The Morgan fingerprint density at radius 1 is 1.04 bits per heavy atom. The highest BCUT2D eigenvalue weighted by atomic mass is 28.3. The number of benzene rings is 1. The summed E-state index contributed by atoms with van der Waals surface area (Å²) >= 11 is 0. The SMILES string of the molecule is C[Si](C)(C)CCOCN1C=NC(c2ccc(F)cc2)C1c1ccncc1. The van der Waals surface area contributed by atoms with Crippen molar-refractivity contribution in [2.45, 2.75) is 37.8 Å². The number of aliphatic imine (C=N–C) groups is 1. The predicted molar refractivity (Wildman–Crippen MR) is 105 cm³/mol. The van der Waals surface area contributed by atoms with Crippen LogP contribution >= 0.6 is 0 Å². The normalized spacial score (nSPS) is 19.9. The number of hydrogen-bond donors (Lipinski definition) is 0. The highest BCUT2D eigenvalue weighted by Crippen LogP contribution is 2.39. The molecule has 0 fully saturated rings. The van der Waals surface area contributed by atoms with E-state index in [1.165, 1.54) is 12.1 Å². The van der Waals surface area contributed by atoms with E-state index in [0.717, 1.165) is 23.8 Å². The van der Waals surface area contributed by atoms with E-state index in [1.807, 2.05) is 18.5 Å². The van der Waals surface area contributed by atoms with Crippen LogP contribution in [-0.2, 0) is 4.74 Å². The van der Waals surface area contributed by atoms with Crippen LogP contribution in [-0.4, -0.2) is 37.6 Å². The van der Waals surface area contributed by atoms with Crippen molar-refractivity contribution < 1.29 is 9.13 Å². The molecule has 0 amide bonds. The molecule has 2 aromatic rings. The van der Waals surface area contributed by atoms with Gasteiger partial charge in [0.1, 0.15) is 18.6 Å². The highest BCUT2D eigenvalue weighted by Gasteiger charge is 2.33. The Morgan fingerprint density at radius 2 is 1.73 bits per heavy atom. The third-order valence-corrected chi connectivity index (χ3v) is 6.23. The number of halogens is 1. The zero-order valence-electron chi connectivity index (χ0n) is 15.6. The van der Waals surface area contributed by atoms with Gasteiger partial charge in [-0.05, 0) is 41.4 Å². The van der Waals surface area contributed by atoms with Gasteiger partial charge in [0.05, 0.1) is 12.4 Å². The minimum absolute atomic E-state index is 0.0235. The van der Waals surface area contributed by atoms with Crippen molar-refractivity contribution in [2.75, 3.05) is 13.3 Å². The van der Waals surface area contributed by atoms with E-state index in [0.29, 0.717) is 6.73 Å². The van der Waals surface area contributed by atoms with Crippen LogP contribution in [0.15, 0.2) is 53.8 Å². The molecule has 26 heavy (non-hydrogen) atoms. The van der Waals surface area contributed by atoms with E-state index in [9.17, 15) is 4.39 Å². The highest BCUT2D eigenvalue weighted by molar-refractivity contribution is 6.76. The Balaban J connectivity index is 1.75. The zero-order chi connectivity index (χ0) is 18.6. The summed E-state index contributed by atoms with van der Waals surface area (Å²) < 4.78 is 19.2. The largest absolute Gasteiger partial charge is 0.361 e. The first-order chi connectivity index (χ1) is 12.4. The number of aromatic nitrogens is 1. The Bertz CT molecular complexity index is 731. The van der Waals surface area contributed by atoms with Gasteiger partial charge in [0.15, 0.2) is 0 Å². The number of pyridine rings is 1. The fourth-order valence-electron chi connectivity index (χ4n) is 3.02. The molecule has 0 saturated carbocycles. The predicted octanol–water partition coefficient (Wildman–Crippen LogP) is 4.66. The van der Waals surface area contributed by atoms with Gasteiger partial charge in [0.25, 0.3) is 0 Å². The fraction of sp³-hybridized carbons (Fsp3) is 0.400. The summed E-state index contributed by atoms with van der Waals surface area (Å²) in [6.45, 7) is 8.30. The molecule has 2 heterocycles. The molecule has 0 N–H and O–H groups in total. The molecule has 1 aromatic heterocycles. The molecule has 138 valence electrons. The molecule has 0 aliphatic carbocycles. The van der Waals surface area contributed by atoms with Gasteiger partial charge >= 0.3 is 0 Å². The van der Waals surface area contributed by atoms with Crippen LogP contribution in [0.2, 0.25) is 25.7 Å². The van der Waals surface area contributed by atoms with Crippen LogP contribution in [0.5, 0.6) is 0 Å². The molecular formula is C20H26FN3OSi. The third-order valence-electron chi connectivity index (χ3n) is 4.53. The molecule has 6 heteroatoms. The lowest BCUT2D eigenvalue weighted by atomic mass is 9.94. The van der Waals surface area contributed by atoms with Gasteiger partial charge in [0.2, 0.25) is 0 Å². The third kappa shape index (κ3) is 4.77. The second-order valence-corrected chi connectivity index (χ2v) is 13.5. The van der Waals surface area contributed by atoms with E-state index in [-0.39, 0.29) is 17.9 Å². The molecule has 0 bridgehead atoms. The van der Waals surface area contributed by atoms with Gasteiger partial charge < -0.3 is 9.64 Å². The summed E-state index contributed by atoms with van der Waals surface area (Å²) in [5.74, 6) is -0.234. The standard InChI is InChI=1S/C20H26FN3OSi/c1-26(2,3)13-12-25-15-24-14-23-19(16-4-6-18(21)7-5-16)20(24)17-8-10-22-11-9-17/h4-11,14,19-20H,12-13,15H2,1-3H3. The monoisotopic (exact) mass is 371 g/mol. The number of rotatable bonds is 7. The van der Waals surface area contributed by atoms with Gasteiger partial charge in [0, 0.05) is 27.1 Å². The van der Waals surface area contributed by atoms with E-state index in [2.05, 4.69) is 34.5 Å². The van der Waals surface area contributed by atoms with E-state index >= 15 is 0 Å². The molecule has 1 aliphatic rings. The Kier molecular flexibility index (Phi) is 5.83. The topological polar surface area (TPSA) is 37.7 Å². The fourth-order valence-corrected chi connectivity index (χ4v) is 3.77. The lowest BCUT2D eigenvalue weighted by Gasteiger charge is -2.29. The van der Waals surface area contributed by atoms with Gasteiger partial charge in [-0.2, -0.15) is 0 Å². The minimum Gasteiger partial charge on any atom is -0.361 e. The molecule has 1 aromatic carbocycles. The summed E-state index contributed by atoms with van der Waals surface area (Å²) in [6, 6.07) is 11.7. The summed E-state index contributed by atoms with van der Waals surface area (Å²) in [5.41, 5.74) is 2.12. The van der Waals surface area contributed by atoms with Crippen molar-refractivity contribution in [3.63, 3.8) is 0 Å². The van der Waals surface area contributed by atoms with Crippen LogP contribution in [0.25, 0.3) is 0 Å². The first kappa shape index (κ1) is 18.7. The van der Waals surface area contributed by atoms with Gasteiger partial charge in [-0.1, -0.05) is 31.8 Å². The van der Waals surface area contributed by atoms with Crippen molar-refractivity contribution in [3.8, 4) is 0 Å². The molecule has 1 aliphatic heterocycles. The van der Waals surface area contributed by atoms with Crippen molar-refractivity contribution in [2.24, 2.45) is 4.99 Å². The van der Waals surface area contributed by atoms with Crippen LogP contribution < -0.4 is 0 Å². The van der Waals surface area contributed by atoms with Crippen LogP contribution in [0.3, 0.4) is 0 Å². The van der Waals surface area contributed by atoms with E-state index in [1.54, 1.807) is 24.5 Å². The van der Waals surface area contributed by atoms with Crippen molar-refractivity contribution in [1.82, 2.24) is 9.88 Å². The first-order valence-electron chi connectivity index (χ1n) is 8.96. The van der Waals surface area contributed by atoms with Gasteiger partial charge in [-0.15, -0.1) is 0 Å². The molecule has 2 atom stereocenters. The maximum absolute atomic E-state index is 13.3. The minimum atomic E-state index is -1.11. The maximum Gasteiger partial charge on any atom is 0.123 e. The second-order valence-electron chi connectivity index (χ2n) is 7.85. The lowest BCUT2D eigenvalue weighted by molar-refractivity contribution is 0.0573. The average Bonchev–Trinajstić information content (AvgIpc) is 3.03. The number of hydrogen-bond acceptors (Lipinski definition) is 4. The zero-order valence-corrected chi connectivity index (χ0v) is 16.6. The van der Waals surface area contributed by atoms with Gasteiger partial charge in [-0.3, -0.25) is 9.98 Å². The molecule has 4 nitrogen and oxygen atoms in total. The molecule has 0 spiro atoms. The van der Waals surface area contributed by atoms with Crippen LogP contribution in [0, 0.1) is 5.82 Å². The summed E-state index contributed by atoms with van der Waals surface area (Å²) in [7, 11) is -1.11. The van der Waals surface area contributed by atoms with Crippen LogP contribution in [0.4, 0.5) is 4.39 Å². The molecular weight excluding hydrogens is 345 g/mol. The van der Waals surface area contributed by atoms with Gasteiger partial charge in [-0.25, -0.2) is 4.39 Å². The number of ether oxygens (including phenoxy) is 1. The van der Waals surface area contributed by atoms with Crippen molar-refractivity contribution in [3.05, 3.63) is 65.7 Å². The molecule has 0 saturated heterocycles. The number of nitrogens with zero attached hydrogens (tertiary/aromatic N) is 3. The summed E-state index contributed by atoms with van der Waals surface area (Å²) in [5, 5.41) is 0. The Hall–Kier alpha value is -2.05. The maximum atomic E-state index is 13.3. The molecule has 0 radical (unpaired) electrons. The smallest absolute Gasteiger partial charge is 0.123 e. The summed E-state index contributed by atoms with van der Waals surface area (Å²) in [6.07, 6.45) is 5.44. The second kappa shape index (κ2) is 8.10. The molecule has 2 unspecified atom stereocenters. The van der Waals surface area contributed by atoms with Crippen molar-refractivity contribution >= 4 is 14.4 Å².